The second-order valence-electron chi connectivity index (χ2n) is 8.40. The van der Waals surface area contributed by atoms with Gasteiger partial charge in [0.1, 0.15) is 13.7 Å². The number of anilines is 1. The summed E-state index contributed by atoms with van der Waals surface area (Å²) in [6.07, 6.45) is 6.94. The van der Waals surface area contributed by atoms with Crippen LogP contribution in [-0.2, 0) is 6.54 Å². The number of hydrogen-bond acceptors (Lipinski definition) is 6. The van der Waals surface area contributed by atoms with Crippen molar-refractivity contribution in [2.24, 2.45) is 0 Å². The van der Waals surface area contributed by atoms with E-state index in [0.29, 0.717) is 41.9 Å². The average molecular weight is 447 g/mol. The Morgan fingerprint density at radius 1 is 1.24 bits per heavy atom. The number of aromatic nitrogens is 4. The molecule has 0 spiro atoms. The SMILES string of the molecule is [B]c1cnn2c(NCc3cccnc3)cc(C3CCCN(C(=O)c4cccc(C#N)c4)C3)nc12. The number of carbonyl (C=O) groups is 1. The molecule has 8 nitrogen and oxygen atoms in total. The van der Waals surface area contributed by atoms with Gasteiger partial charge in [0, 0.05) is 55.8 Å². The van der Waals surface area contributed by atoms with Crippen LogP contribution in [-0.4, -0.2) is 51.3 Å². The van der Waals surface area contributed by atoms with Gasteiger partial charge in [-0.3, -0.25) is 9.78 Å². The monoisotopic (exact) mass is 447 g/mol. The number of nitrogens with one attached hydrogen (secondary N) is 1. The number of carbonyl (C=O) groups excluding carboxylic acids is 1. The number of rotatable bonds is 5. The number of fused-ring (bicyclic) bond motifs is 1. The summed E-state index contributed by atoms with van der Waals surface area (Å²) in [7, 11) is 6.16. The second-order valence-corrected chi connectivity index (χ2v) is 8.40. The molecule has 166 valence electrons. The fraction of sp³-hybridized carbons (Fsp3) is 0.240. The zero-order chi connectivity index (χ0) is 23.5. The van der Waals surface area contributed by atoms with E-state index in [0.717, 1.165) is 29.9 Å². The van der Waals surface area contributed by atoms with Crippen LogP contribution in [0.2, 0.25) is 0 Å². The standard InChI is InChI=1S/C25H22BN7O/c26-21-15-30-33-23(29-14-18-5-2-8-28-13-18)11-22(31-24(21)33)20-7-3-9-32(16-20)25(34)19-6-1-4-17(10-19)12-27/h1-2,4-6,8,10-11,13,15,20,29H,3,7,9,14,16H2. The molecule has 34 heavy (non-hydrogen) atoms. The summed E-state index contributed by atoms with van der Waals surface area (Å²) in [4.78, 5) is 24.0. The minimum Gasteiger partial charge on any atom is -0.366 e. The molecular formula is C25H22BN7O. The first-order valence-corrected chi connectivity index (χ1v) is 11.2. The summed E-state index contributed by atoms with van der Waals surface area (Å²) in [6.45, 7) is 1.81. The van der Waals surface area contributed by atoms with E-state index in [9.17, 15) is 4.79 Å². The van der Waals surface area contributed by atoms with Crippen molar-refractivity contribution in [3.63, 3.8) is 0 Å². The van der Waals surface area contributed by atoms with Crippen LogP contribution >= 0.6 is 0 Å². The van der Waals surface area contributed by atoms with Crippen LogP contribution < -0.4 is 10.8 Å². The lowest BCUT2D eigenvalue weighted by atomic mass is 9.93. The summed E-state index contributed by atoms with van der Waals surface area (Å²) in [5.74, 6) is 0.780. The summed E-state index contributed by atoms with van der Waals surface area (Å²) in [6, 6.07) is 14.8. The molecule has 0 saturated carbocycles. The van der Waals surface area contributed by atoms with Crippen molar-refractivity contribution < 1.29 is 4.79 Å². The average Bonchev–Trinajstić information content (AvgIpc) is 3.28. The maximum Gasteiger partial charge on any atom is 0.253 e. The first-order valence-electron chi connectivity index (χ1n) is 11.2. The first kappa shape index (κ1) is 21.6. The highest BCUT2D eigenvalue weighted by Crippen LogP contribution is 2.29. The van der Waals surface area contributed by atoms with Gasteiger partial charge in [-0.05, 0) is 48.1 Å². The summed E-state index contributed by atoms with van der Waals surface area (Å²) >= 11 is 0. The third-order valence-corrected chi connectivity index (χ3v) is 6.08. The van der Waals surface area contributed by atoms with Gasteiger partial charge in [-0.2, -0.15) is 14.9 Å². The van der Waals surface area contributed by atoms with E-state index in [1.54, 1.807) is 41.2 Å². The predicted octanol–water partition coefficient (Wildman–Crippen LogP) is 2.42. The van der Waals surface area contributed by atoms with Crippen LogP contribution in [0.1, 0.15) is 45.9 Å². The van der Waals surface area contributed by atoms with Gasteiger partial charge in [0.2, 0.25) is 0 Å². The Kier molecular flexibility index (Phi) is 5.96. The highest BCUT2D eigenvalue weighted by Gasteiger charge is 2.27. The molecule has 9 heteroatoms. The molecule has 0 bridgehead atoms. The maximum atomic E-state index is 13.1. The van der Waals surface area contributed by atoms with Crippen molar-refractivity contribution in [3.05, 3.63) is 83.4 Å². The van der Waals surface area contributed by atoms with Gasteiger partial charge < -0.3 is 10.2 Å². The lowest BCUT2D eigenvalue weighted by Gasteiger charge is -2.33. The molecule has 1 amide bonds. The normalized spacial score (nSPS) is 15.7. The Morgan fingerprint density at radius 2 is 2.15 bits per heavy atom. The molecule has 1 N–H and O–H groups in total. The van der Waals surface area contributed by atoms with Crippen LogP contribution in [0.4, 0.5) is 5.82 Å². The lowest BCUT2D eigenvalue weighted by Crippen LogP contribution is -2.39. The largest absolute Gasteiger partial charge is 0.366 e. The number of piperidine rings is 1. The summed E-state index contributed by atoms with van der Waals surface area (Å²) in [5.41, 5.74) is 4.02. The van der Waals surface area contributed by atoms with Crippen molar-refractivity contribution in [2.45, 2.75) is 25.3 Å². The van der Waals surface area contributed by atoms with E-state index in [-0.39, 0.29) is 11.8 Å². The molecule has 4 aromatic rings. The number of nitrogens with zero attached hydrogens (tertiary/aromatic N) is 6. The molecular weight excluding hydrogens is 425 g/mol. The Hall–Kier alpha value is -4.19. The topological polar surface area (TPSA) is 99.2 Å². The van der Waals surface area contributed by atoms with Crippen molar-refractivity contribution in [3.8, 4) is 6.07 Å². The zero-order valence-corrected chi connectivity index (χ0v) is 18.6. The molecule has 3 aromatic heterocycles. The third-order valence-electron chi connectivity index (χ3n) is 6.08. The van der Waals surface area contributed by atoms with E-state index >= 15 is 0 Å². The van der Waals surface area contributed by atoms with E-state index in [4.69, 9.17) is 18.1 Å². The molecule has 1 saturated heterocycles. The number of amides is 1. The Labute approximate surface area is 198 Å². The zero-order valence-electron chi connectivity index (χ0n) is 18.6. The molecule has 2 radical (unpaired) electrons. The molecule has 0 aliphatic carbocycles. The number of benzene rings is 1. The van der Waals surface area contributed by atoms with Crippen molar-refractivity contribution in [2.75, 3.05) is 18.4 Å². The fourth-order valence-corrected chi connectivity index (χ4v) is 4.34. The summed E-state index contributed by atoms with van der Waals surface area (Å²) in [5, 5.41) is 17.0. The van der Waals surface area contributed by atoms with Crippen molar-refractivity contribution in [1.29, 1.82) is 5.26 Å². The third kappa shape index (κ3) is 4.35. The van der Waals surface area contributed by atoms with Gasteiger partial charge in [0.15, 0.2) is 5.65 Å². The summed E-state index contributed by atoms with van der Waals surface area (Å²) < 4.78 is 1.70. The fourth-order valence-electron chi connectivity index (χ4n) is 4.34. The van der Waals surface area contributed by atoms with Crippen LogP contribution in [0.15, 0.2) is 61.1 Å². The molecule has 1 aromatic carbocycles. The van der Waals surface area contributed by atoms with Crippen LogP contribution in [0.25, 0.3) is 5.65 Å². The lowest BCUT2D eigenvalue weighted by molar-refractivity contribution is 0.0706. The van der Waals surface area contributed by atoms with Gasteiger partial charge in [-0.15, -0.1) is 0 Å². The predicted molar refractivity (Wildman–Crippen MR) is 129 cm³/mol. The molecule has 1 fully saturated rings. The van der Waals surface area contributed by atoms with Gasteiger partial charge >= 0.3 is 0 Å². The van der Waals surface area contributed by atoms with E-state index in [2.05, 4.69) is 21.5 Å². The molecule has 1 aliphatic heterocycles. The van der Waals surface area contributed by atoms with Gasteiger partial charge in [0.05, 0.1) is 17.3 Å². The first-order chi connectivity index (χ1) is 16.6. The van der Waals surface area contributed by atoms with Crippen molar-refractivity contribution in [1.82, 2.24) is 24.5 Å². The minimum absolute atomic E-state index is 0.0649. The van der Waals surface area contributed by atoms with Gasteiger partial charge in [0.25, 0.3) is 5.91 Å². The highest BCUT2D eigenvalue weighted by atomic mass is 16.2. The Morgan fingerprint density at radius 3 is 2.97 bits per heavy atom. The second kappa shape index (κ2) is 9.36. The van der Waals surface area contributed by atoms with E-state index in [1.165, 1.54) is 0 Å². The van der Waals surface area contributed by atoms with Crippen LogP contribution in [0.5, 0.6) is 0 Å². The van der Waals surface area contributed by atoms with Gasteiger partial charge in [-0.1, -0.05) is 12.1 Å². The highest BCUT2D eigenvalue weighted by molar-refractivity contribution is 6.36. The molecule has 1 atom stereocenters. The van der Waals surface area contributed by atoms with Gasteiger partial charge in [-0.25, -0.2) is 4.98 Å². The Bertz CT molecular complexity index is 1380. The van der Waals surface area contributed by atoms with Crippen LogP contribution in [0.3, 0.4) is 0 Å². The van der Waals surface area contributed by atoms with Crippen molar-refractivity contribution >= 4 is 30.7 Å². The molecule has 5 rings (SSSR count). The minimum atomic E-state index is -0.0679. The Balaban J connectivity index is 1.41. The number of pyridine rings is 1. The van der Waals surface area contributed by atoms with E-state index in [1.807, 2.05) is 29.3 Å². The number of likely N-dealkylation sites (tertiary alicyclic amines) is 1. The number of hydrogen-bond donors (Lipinski definition) is 1. The molecule has 1 aliphatic rings. The molecule has 4 heterocycles. The van der Waals surface area contributed by atoms with E-state index < -0.39 is 0 Å². The molecule has 1 unspecified atom stereocenters. The van der Waals surface area contributed by atoms with Crippen LogP contribution in [0, 0.1) is 11.3 Å². The maximum absolute atomic E-state index is 13.1. The quantitative estimate of drug-likeness (QED) is 0.472. The smallest absolute Gasteiger partial charge is 0.253 e. The number of nitriles is 1.